The molecule has 5 unspecified atom stereocenters. The summed E-state index contributed by atoms with van der Waals surface area (Å²) in [6.45, 7) is 11.1. The molecule has 0 saturated heterocycles. The molecule has 34 heavy (non-hydrogen) atoms. The average Bonchev–Trinajstić information content (AvgIpc) is 3.36. The number of aromatic nitrogens is 4. The van der Waals surface area contributed by atoms with Crippen molar-refractivity contribution >= 4 is 19.2 Å². The molecular weight excluding hydrogens is 446 g/mol. The van der Waals surface area contributed by atoms with Gasteiger partial charge >= 0.3 is 5.69 Å². The van der Waals surface area contributed by atoms with Crippen LogP contribution in [0, 0.1) is 23.7 Å². The van der Waals surface area contributed by atoms with Crippen molar-refractivity contribution in [3.05, 3.63) is 26.7 Å². The van der Waals surface area contributed by atoms with Gasteiger partial charge in [-0.3, -0.25) is 18.5 Å². The summed E-state index contributed by atoms with van der Waals surface area (Å²) in [4.78, 5) is 32.0. The van der Waals surface area contributed by atoms with E-state index in [-0.39, 0.29) is 11.2 Å². The molecule has 4 saturated carbocycles. The van der Waals surface area contributed by atoms with Crippen LogP contribution in [0.5, 0.6) is 0 Å². The summed E-state index contributed by atoms with van der Waals surface area (Å²) >= 11 is 0. The van der Waals surface area contributed by atoms with E-state index in [0.717, 1.165) is 23.7 Å². The summed E-state index contributed by atoms with van der Waals surface area (Å²) in [6, 6.07) is 1.07. The summed E-state index contributed by atoms with van der Waals surface area (Å²) in [7, 11) is -1.23. The summed E-state index contributed by atoms with van der Waals surface area (Å²) in [5.74, 6) is 4.27. The monoisotopic (exact) mass is 487 g/mol. The molecule has 4 fully saturated rings. The van der Waals surface area contributed by atoms with E-state index in [9.17, 15) is 9.59 Å². The van der Waals surface area contributed by atoms with E-state index in [4.69, 9.17) is 15.5 Å². The number of rotatable bonds is 10. The van der Waals surface area contributed by atoms with Crippen molar-refractivity contribution in [2.75, 3.05) is 13.2 Å². The molecule has 0 spiro atoms. The molecule has 0 aromatic carbocycles. The van der Waals surface area contributed by atoms with E-state index >= 15 is 0 Å². The summed E-state index contributed by atoms with van der Waals surface area (Å²) < 4.78 is 11.2. The molecule has 2 N–H and O–H groups in total. The van der Waals surface area contributed by atoms with E-state index in [0.29, 0.717) is 68.3 Å². The molecule has 2 aromatic rings. The number of hydrogen-bond donors (Lipinski definition) is 1. The zero-order valence-corrected chi connectivity index (χ0v) is 22.3. The molecule has 6 rings (SSSR count). The molecule has 4 aliphatic rings. The summed E-state index contributed by atoms with van der Waals surface area (Å²) in [5.41, 5.74) is 6.36. The lowest BCUT2D eigenvalue weighted by molar-refractivity contribution is 0.0844. The molecule has 0 aliphatic heterocycles. The van der Waals surface area contributed by atoms with Crippen LogP contribution in [0.25, 0.3) is 11.2 Å². The number of imidazole rings is 1. The molecule has 8 nitrogen and oxygen atoms in total. The van der Waals surface area contributed by atoms with Crippen molar-refractivity contribution in [1.29, 1.82) is 0 Å². The first-order valence-electron chi connectivity index (χ1n) is 13.2. The van der Waals surface area contributed by atoms with Crippen molar-refractivity contribution in [2.24, 2.45) is 29.4 Å². The van der Waals surface area contributed by atoms with Gasteiger partial charge in [0, 0.05) is 40.2 Å². The first-order valence-corrected chi connectivity index (χ1v) is 17.0. The van der Waals surface area contributed by atoms with Gasteiger partial charge in [-0.1, -0.05) is 26.6 Å². The predicted octanol–water partition coefficient (Wildman–Crippen LogP) is 3.19. The number of nitrogens with zero attached hydrogens (tertiary/aromatic N) is 4. The molecule has 188 valence electrons. The van der Waals surface area contributed by atoms with Gasteiger partial charge in [0.05, 0.1) is 0 Å². The molecule has 0 amide bonds. The van der Waals surface area contributed by atoms with Crippen LogP contribution in [0.1, 0.15) is 50.8 Å². The van der Waals surface area contributed by atoms with Gasteiger partial charge in [0.25, 0.3) is 5.56 Å². The van der Waals surface area contributed by atoms with Gasteiger partial charge in [0.2, 0.25) is 0 Å². The quantitative estimate of drug-likeness (QED) is 0.410. The highest BCUT2D eigenvalue weighted by molar-refractivity contribution is 6.76. The molecule has 0 radical (unpaired) electrons. The minimum atomic E-state index is -1.23. The van der Waals surface area contributed by atoms with Crippen LogP contribution in [0.4, 0.5) is 0 Å². The first-order chi connectivity index (χ1) is 16.2. The van der Waals surface area contributed by atoms with E-state index in [1.807, 2.05) is 11.5 Å². The van der Waals surface area contributed by atoms with E-state index in [1.165, 1.54) is 30.3 Å². The van der Waals surface area contributed by atoms with Gasteiger partial charge in [0.15, 0.2) is 11.2 Å². The minimum absolute atomic E-state index is 0.241. The highest BCUT2D eigenvalue weighted by atomic mass is 28.3. The smallest absolute Gasteiger partial charge is 0.332 e. The third kappa shape index (κ3) is 4.03. The molecule has 5 atom stereocenters. The number of nitrogens with two attached hydrogens (primary N) is 1. The Hall–Kier alpha value is -1.71. The number of ether oxygens (including phenoxy) is 1. The molecule has 4 bridgehead atoms. The fourth-order valence-corrected chi connectivity index (χ4v) is 7.87. The second-order valence-corrected chi connectivity index (χ2v) is 17.7. The lowest BCUT2D eigenvalue weighted by Gasteiger charge is -2.32. The highest BCUT2D eigenvalue weighted by Gasteiger charge is 2.55. The van der Waals surface area contributed by atoms with Crippen molar-refractivity contribution < 1.29 is 4.74 Å². The normalized spacial score (nSPS) is 28.0. The summed E-state index contributed by atoms with van der Waals surface area (Å²) in [6.07, 6.45) is 5.90. The number of fused-ring (bicyclic) bond motifs is 1. The zero-order chi connectivity index (χ0) is 24.2. The Morgan fingerprint density at radius 1 is 1.03 bits per heavy atom. The Kier molecular flexibility index (Phi) is 6.39. The van der Waals surface area contributed by atoms with Gasteiger partial charge in [-0.2, -0.15) is 0 Å². The largest absolute Gasteiger partial charge is 0.361 e. The van der Waals surface area contributed by atoms with E-state index in [1.54, 1.807) is 4.57 Å². The van der Waals surface area contributed by atoms with Crippen molar-refractivity contribution in [3.8, 4) is 0 Å². The van der Waals surface area contributed by atoms with Gasteiger partial charge in [-0.15, -0.1) is 0 Å². The Balaban J connectivity index is 1.64. The SMILES string of the molecule is CCCn1c(=O)c2c(nc(C3C4CC5CC(C4)C3C5)n2COCC[Si](C)(C)C)n(CCN)c1=O. The van der Waals surface area contributed by atoms with Gasteiger partial charge < -0.3 is 10.5 Å². The summed E-state index contributed by atoms with van der Waals surface area (Å²) in [5, 5.41) is 0. The third-order valence-corrected chi connectivity index (χ3v) is 10.2. The molecular formula is C25H41N5O3Si. The second-order valence-electron chi connectivity index (χ2n) is 12.1. The maximum Gasteiger partial charge on any atom is 0.332 e. The minimum Gasteiger partial charge on any atom is -0.361 e. The van der Waals surface area contributed by atoms with E-state index < -0.39 is 8.07 Å². The number of hydrogen-bond acceptors (Lipinski definition) is 5. The Bertz CT molecular complexity index is 1170. The van der Waals surface area contributed by atoms with Crippen molar-refractivity contribution in [3.63, 3.8) is 0 Å². The standard InChI is InChI=1S/C25H41N5O3Si/c1-5-7-29-24(31)21-23(28(8-6-26)25(29)32)27-22(30(21)15-33-9-10-34(2,3)4)20-18-12-16-11-17(14-18)19(20)13-16/h16-20H,5-15,26H2,1-4H3. The fraction of sp³-hybridized carbons (Fsp3) is 0.800. The predicted molar refractivity (Wildman–Crippen MR) is 137 cm³/mol. The fourth-order valence-electron chi connectivity index (χ4n) is 7.12. The molecule has 2 aromatic heterocycles. The van der Waals surface area contributed by atoms with Crippen LogP contribution >= 0.6 is 0 Å². The van der Waals surface area contributed by atoms with E-state index in [2.05, 4.69) is 19.6 Å². The maximum atomic E-state index is 13.7. The van der Waals surface area contributed by atoms with Crippen LogP contribution in [0.15, 0.2) is 9.59 Å². The second kappa shape index (κ2) is 9.06. The zero-order valence-electron chi connectivity index (χ0n) is 21.3. The molecule has 4 aliphatic carbocycles. The Morgan fingerprint density at radius 2 is 1.79 bits per heavy atom. The van der Waals surface area contributed by atoms with Crippen LogP contribution in [0.2, 0.25) is 25.7 Å². The topological polar surface area (TPSA) is 97.1 Å². The Labute approximate surface area is 202 Å². The lowest BCUT2D eigenvalue weighted by Crippen LogP contribution is -2.41. The maximum absolute atomic E-state index is 13.7. The van der Waals surface area contributed by atoms with Crippen LogP contribution < -0.4 is 17.0 Å². The van der Waals surface area contributed by atoms with Gasteiger partial charge in [0.1, 0.15) is 12.6 Å². The average molecular weight is 488 g/mol. The van der Waals surface area contributed by atoms with Gasteiger partial charge in [-0.05, 0) is 61.8 Å². The molecule has 9 heteroatoms. The lowest BCUT2D eigenvalue weighted by atomic mass is 9.75. The van der Waals surface area contributed by atoms with Crippen LogP contribution in [-0.4, -0.2) is 39.9 Å². The third-order valence-electron chi connectivity index (χ3n) is 8.52. The first kappa shape index (κ1) is 24.0. The highest BCUT2D eigenvalue weighted by Crippen LogP contribution is 2.64. The van der Waals surface area contributed by atoms with Crippen LogP contribution in [-0.2, 0) is 24.6 Å². The Morgan fingerprint density at radius 3 is 2.47 bits per heavy atom. The van der Waals surface area contributed by atoms with Crippen molar-refractivity contribution in [2.45, 2.75) is 90.5 Å². The molecule has 2 heterocycles. The van der Waals surface area contributed by atoms with Gasteiger partial charge in [-0.25, -0.2) is 9.78 Å². The van der Waals surface area contributed by atoms with Crippen LogP contribution in [0.3, 0.4) is 0 Å². The van der Waals surface area contributed by atoms with Crippen molar-refractivity contribution in [1.82, 2.24) is 18.7 Å².